The monoisotopic (exact) mass is 311 g/mol. The molecule has 1 rings (SSSR count). The van der Waals surface area contributed by atoms with E-state index < -0.39 is 29.6 Å². The van der Waals surface area contributed by atoms with E-state index >= 15 is 0 Å². The van der Waals surface area contributed by atoms with E-state index in [4.69, 9.17) is 9.47 Å². The van der Waals surface area contributed by atoms with Gasteiger partial charge in [0.15, 0.2) is 0 Å². The Balaban J connectivity index is 2.84. The first-order chi connectivity index (χ1) is 10.1. The van der Waals surface area contributed by atoms with Gasteiger partial charge in [-0.15, -0.1) is 5.92 Å². The number of nitrogens with zero attached hydrogens (tertiary/aromatic N) is 1. The lowest BCUT2D eigenvalue weighted by Gasteiger charge is -2.35. The van der Waals surface area contributed by atoms with Gasteiger partial charge < -0.3 is 14.6 Å². The number of carbonyl (C=O) groups is 1. The van der Waals surface area contributed by atoms with Crippen molar-refractivity contribution in [3.8, 4) is 11.8 Å². The summed E-state index contributed by atoms with van der Waals surface area (Å²) < 4.78 is 11.1. The molecular weight excluding hydrogens is 282 g/mol. The first-order valence-corrected chi connectivity index (χ1v) is 7.91. The third kappa shape index (κ3) is 5.19. The van der Waals surface area contributed by atoms with Gasteiger partial charge in [-0.1, -0.05) is 19.3 Å². The van der Waals surface area contributed by atoms with Crippen molar-refractivity contribution in [3.63, 3.8) is 0 Å². The van der Waals surface area contributed by atoms with Gasteiger partial charge in [0, 0.05) is 6.42 Å². The Labute approximate surface area is 134 Å². The predicted molar refractivity (Wildman–Crippen MR) is 85.2 cm³/mol. The highest BCUT2D eigenvalue weighted by Gasteiger charge is 2.48. The standard InChI is InChI=1S/C17H29NO4/c1-7-8-9-10-11-14(19)13-12-21-17(5,6)18(13)15(20)22-16(2,3)4/h13-14,19H,7-9,12H2,1-6H3/t13-,14+/m0/s1. The zero-order chi connectivity index (χ0) is 17.0. The zero-order valence-corrected chi connectivity index (χ0v) is 14.6. The van der Waals surface area contributed by atoms with Crippen LogP contribution in [0.15, 0.2) is 0 Å². The molecular formula is C17H29NO4. The average Bonchev–Trinajstić information content (AvgIpc) is 2.68. The number of unbranched alkanes of at least 4 members (excludes halogenated alkanes) is 2. The van der Waals surface area contributed by atoms with Gasteiger partial charge in [0.05, 0.1) is 12.6 Å². The third-order valence-electron chi connectivity index (χ3n) is 3.38. The summed E-state index contributed by atoms with van der Waals surface area (Å²) in [6, 6.07) is -0.515. The number of carbonyl (C=O) groups excluding carboxylic acids is 1. The maximum Gasteiger partial charge on any atom is 0.413 e. The fourth-order valence-electron chi connectivity index (χ4n) is 2.27. The Bertz CT molecular complexity index is 442. The van der Waals surface area contributed by atoms with Crippen molar-refractivity contribution in [3.05, 3.63) is 0 Å². The summed E-state index contributed by atoms with van der Waals surface area (Å²) in [6.45, 7) is 11.3. The highest BCUT2D eigenvalue weighted by Crippen LogP contribution is 2.30. The quantitative estimate of drug-likeness (QED) is 0.643. The first-order valence-electron chi connectivity index (χ1n) is 7.91. The van der Waals surface area contributed by atoms with Crippen LogP contribution in [-0.2, 0) is 9.47 Å². The number of ether oxygens (including phenoxy) is 2. The highest BCUT2D eigenvalue weighted by molar-refractivity contribution is 5.70. The number of hydrogen-bond donors (Lipinski definition) is 1. The highest BCUT2D eigenvalue weighted by atomic mass is 16.6. The van der Waals surface area contributed by atoms with Gasteiger partial charge in [0.25, 0.3) is 0 Å². The third-order valence-corrected chi connectivity index (χ3v) is 3.38. The molecule has 0 aromatic carbocycles. The summed E-state index contributed by atoms with van der Waals surface area (Å²) in [7, 11) is 0. The van der Waals surface area contributed by atoms with Crippen LogP contribution in [0.25, 0.3) is 0 Å². The minimum atomic E-state index is -0.939. The molecule has 1 N–H and O–H groups in total. The summed E-state index contributed by atoms with van der Waals surface area (Å²) in [5, 5.41) is 10.3. The second-order valence-electron chi connectivity index (χ2n) is 7.04. The molecule has 0 spiro atoms. The van der Waals surface area contributed by atoms with E-state index in [1.54, 1.807) is 13.8 Å². The second kappa shape index (κ2) is 7.34. The van der Waals surface area contributed by atoms with Crippen molar-refractivity contribution < 1.29 is 19.4 Å². The van der Waals surface area contributed by atoms with E-state index in [9.17, 15) is 9.90 Å². The Hall–Kier alpha value is -1.25. The molecule has 1 amide bonds. The molecule has 0 radical (unpaired) electrons. The Morgan fingerprint density at radius 1 is 1.50 bits per heavy atom. The van der Waals surface area contributed by atoms with Gasteiger partial charge in [0.1, 0.15) is 17.4 Å². The predicted octanol–water partition coefficient (Wildman–Crippen LogP) is 2.91. The maximum absolute atomic E-state index is 12.4. The van der Waals surface area contributed by atoms with E-state index in [2.05, 4.69) is 18.8 Å². The van der Waals surface area contributed by atoms with Crippen LogP contribution in [0.2, 0.25) is 0 Å². The molecule has 0 aromatic heterocycles. The molecule has 0 bridgehead atoms. The lowest BCUT2D eigenvalue weighted by atomic mass is 10.1. The molecule has 0 unspecified atom stereocenters. The summed E-state index contributed by atoms with van der Waals surface area (Å²) in [5.41, 5.74) is -1.42. The number of aliphatic hydroxyl groups excluding tert-OH is 1. The number of rotatable bonds is 3. The minimum absolute atomic E-state index is 0.246. The molecule has 5 heteroatoms. The maximum atomic E-state index is 12.4. The fraction of sp³-hybridized carbons (Fsp3) is 0.824. The first kappa shape index (κ1) is 18.8. The van der Waals surface area contributed by atoms with Crippen LogP contribution in [0.3, 0.4) is 0 Å². The summed E-state index contributed by atoms with van der Waals surface area (Å²) in [6.07, 6.45) is 1.38. The van der Waals surface area contributed by atoms with Gasteiger partial charge in [-0.25, -0.2) is 4.79 Å². The van der Waals surface area contributed by atoms with Crippen LogP contribution in [-0.4, -0.2) is 46.2 Å². The molecule has 0 saturated carbocycles. The largest absolute Gasteiger partial charge is 0.444 e. The molecule has 2 atom stereocenters. The van der Waals surface area contributed by atoms with E-state index in [0.29, 0.717) is 0 Å². The summed E-state index contributed by atoms with van der Waals surface area (Å²) >= 11 is 0. The van der Waals surface area contributed by atoms with Crippen LogP contribution in [0.4, 0.5) is 4.79 Å². The molecule has 1 saturated heterocycles. The molecule has 22 heavy (non-hydrogen) atoms. The van der Waals surface area contributed by atoms with Gasteiger partial charge >= 0.3 is 6.09 Å². The van der Waals surface area contributed by atoms with Crippen molar-refractivity contribution in [2.45, 2.75) is 84.3 Å². The lowest BCUT2D eigenvalue weighted by molar-refractivity contribution is -0.0658. The van der Waals surface area contributed by atoms with Gasteiger partial charge in [-0.05, 0) is 41.0 Å². The van der Waals surface area contributed by atoms with Crippen LogP contribution in [0, 0.1) is 11.8 Å². The molecule has 1 aliphatic heterocycles. The van der Waals surface area contributed by atoms with Crippen molar-refractivity contribution in [2.75, 3.05) is 6.61 Å². The van der Waals surface area contributed by atoms with Crippen molar-refractivity contribution >= 4 is 6.09 Å². The Morgan fingerprint density at radius 3 is 2.68 bits per heavy atom. The van der Waals surface area contributed by atoms with Crippen LogP contribution >= 0.6 is 0 Å². The van der Waals surface area contributed by atoms with E-state index in [1.807, 2.05) is 20.8 Å². The van der Waals surface area contributed by atoms with Crippen molar-refractivity contribution in [2.24, 2.45) is 0 Å². The van der Waals surface area contributed by atoms with Crippen molar-refractivity contribution in [1.82, 2.24) is 4.90 Å². The Kier molecular flexibility index (Phi) is 6.27. The van der Waals surface area contributed by atoms with Crippen LogP contribution in [0.1, 0.15) is 60.8 Å². The number of aliphatic hydroxyl groups is 1. The number of amides is 1. The lowest BCUT2D eigenvalue weighted by Crippen LogP contribution is -2.53. The van der Waals surface area contributed by atoms with E-state index in [1.165, 1.54) is 4.90 Å². The SMILES string of the molecule is CCCCC#C[C@@H](O)[C@@H]1COC(C)(C)N1C(=O)OC(C)(C)C. The molecule has 1 fully saturated rings. The normalized spacial score (nSPS) is 22.0. The van der Waals surface area contributed by atoms with Crippen molar-refractivity contribution in [1.29, 1.82) is 0 Å². The molecule has 1 aliphatic rings. The second-order valence-corrected chi connectivity index (χ2v) is 7.04. The van der Waals surface area contributed by atoms with Gasteiger partial charge in [0.2, 0.25) is 0 Å². The fourth-order valence-corrected chi connectivity index (χ4v) is 2.27. The molecule has 1 heterocycles. The van der Waals surface area contributed by atoms with Crippen LogP contribution < -0.4 is 0 Å². The molecule has 0 aromatic rings. The molecule has 5 nitrogen and oxygen atoms in total. The topological polar surface area (TPSA) is 59.0 Å². The number of hydrogen-bond acceptors (Lipinski definition) is 4. The van der Waals surface area contributed by atoms with Gasteiger partial charge in [-0.2, -0.15) is 0 Å². The zero-order valence-electron chi connectivity index (χ0n) is 14.6. The van der Waals surface area contributed by atoms with Gasteiger partial charge in [-0.3, -0.25) is 4.90 Å². The summed E-state index contributed by atoms with van der Waals surface area (Å²) in [5.74, 6) is 5.78. The molecule has 0 aliphatic carbocycles. The summed E-state index contributed by atoms with van der Waals surface area (Å²) in [4.78, 5) is 13.9. The van der Waals surface area contributed by atoms with Crippen LogP contribution in [0.5, 0.6) is 0 Å². The smallest absolute Gasteiger partial charge is 0.413 e. The Morgan fingerprint density at radius 2 is 2.14 bits per heavy atom. The minimum Gasteiger partial charge on any atom is -0.444 e. The average molecular weight is 311 g/mol. The molecule has 126 valence electrons. The van der Waals surface area contributed by atoms with E-state index in [0.717, 1.165) is 19.3 Å². The van der Waals surface area contributed by atoms with E-state index in [-0.39, 0.29) is 6.61 Å².